The zero-order valence-corrected chi connectivity index (χ0v) is 16.9. The number of aliphatic carboxylic acids is 1. The summed E-state index contributed by atoms with van der Waals surface area (Å²) in [5.41, 5.74) is 1.70. The van der Waals surface area contributed by atoms with Gasteiger partial charge in [0.2, 0.25) is 5.82 Å². The van der Waals surface area contributed by atoms with Crippen LogP contribution in [0.15, 0.2) is 59.7 Å². The molecule has 1 aliphatic rings. The molecule has 0 saturated carbocycles. The molecule has 1 aromatic carbocycles. The number of amidine groups is 1. The molecule has 4 rings (SSSR count). The number of rotatable bonds is 6. The number of nitrogens with two attached hydrogens (primary N) is 1. The van der Waals surface area contributed by atoms with Crippen molar-refractivity contribution >= 4 is 23.1 Å². The van der Waals surface area contributed by atoms with Crippen molar-refractivity contribution in [3.63, 3.8) is 0 Å². The first-order chi connectivity index (χ1) is 15.0. The molecule has 2 aromatic heterocycles. The highest BCUT2D eigenvalue weighted by molar-refractivity contribution is 6.06. The van der Waals surface area contributed by atoms with Crippen LogP contribution in [0.3, 0.4) is 0 Å². The summed E-state index contributed by atoms with van der Waals surface area (Å²) in [5.74, 6) is 0.582. The summed E-state index contributed by atoms with van der Waals surface area (Å²) in [4.78, 5) is 18.0. The number of carboxylic acids is 1. The van der Waals surface area contributed by atoms with E-state index in [0.29, 0.717) is 24.7 Å². The average molecular weight is 426 g/mol. The zero-order valence-electron chi connectivity index (χ0n) is 16.9. The van der Waals surface area contributed by atoms with Crippen molar-refractivity contribution in [2.75, 3.05) is 25.0 Å². The van der Waals surface area contributed by atoms with Gasteiger partial charge in [-0.15, -0.1) is 5.10 Å². The average Bonchev–Trinajstić information content (AvgIpc) is 3.41. The van der Waals surface area contributed by atoms with Gasteiger partial charge in [0.05, 0.1) is 19.7 Å². The summed E-state index contributed by atoms with van der Waals surface area (Å²) in [6.45, 7) is 2.13. The smallest absolute Gasteiger partial charge is 0.214 e. The van der Waals surface area contributed by atoms with Crippen LogP contribution in [-0.4, -0.2) is 51.2 Å². The third-order valence-electron chi connectivity index (χ3n) is 4.34. The molecule has 0 saturated heterocycles. The van der Waals surface area contributed by atoms with Gasteiger partial charge in [-0.2, -0.15) is 0 Å². The molecule has 10 heteroatoms. The van der Waals surface area contributed by atoms with Gasteiger partial charge in [-0.05, 0) is 49.4 Å². The molecule has 0 aliphatic carbocycles. The molecule has 4 N–H and O–H groups in total. The van der Waals surface area contributed by atoms with E-state index in [9.17, 15) is 9.50 Å². The van der Waals surface area contributed by atoms with Crippen LogP contribution in [0.1, 0.15) is 24.4 Å². The number of aromatic nitrogens is 3. The van der Waals surface area contributed by atoms with Crippen molar-refractivity contribution in [3.8, 4) is 0 Å². The molecule has 0 radical (unpaired) electrons. The molecule has 1 atom stereocenters. The summed E-state index contributed by atoms with van der Waals surface area (Å²) < 4.78 is 15.1. The van der Waals surface area contributed by atoms with Gasteiger partial charge in [0.25, 0.3) is 0 Å². The predicted octanol–water partition coefficient (Wildman–Crippen LogP) is -0.350. The third-order valence-corrected chi connectivity index (χ3v) is 4.34. The Kier molecular flexibility index (Phi) is 7.41. The molecular formula is C21H23FN6O3. The number of anilines is 1. The number of quaternary nitrogens is 1. The van der Waals surface area contributed by atoms with E-state index in [1.54, 1.807) is 16.6 Å². The minimum Gasteiger partial charge on any atom is -0.550 e. The van der Waals surface area contributed by atoms with Gasteiger partial charge in [0.15, 0.2) is 11.9 Å². The van der Waals surface area contributed by atoms with E-state index in [-0.39, 0.29) is 18.5 Å². The molecule has 162 valence electrons. The van der Waals surface area contributed by atoms with Gasteiger partial charge >= 0.3 is 0 Å². The maximum Gasteiger partial charge on any atom is 0.214 e. The summed E-state index contributed by atoms with van der Waals surface area (Å²) in [5, 5.41) is 28.0. The number of carboxylic acid groups (broad SMARTS) is 1. The molecule has 1 aliphatic heterocycles. The molecule has 0 spiro atoms. The summed E-state index contributed by atoms with van der Waals surface area (Å²) in [7, 11) is 0. The first kappa shape index (κ1) is 22.1. The predicted molar refractivity (Wildman–Crippen MR) is 111 cm³/mol. The maximum absolute atomic E-state index is 13.3. The Labute approximate surface area is 178 Å². The van der Waals surface area contributed by atoms with Crippen molar-refractivity contribution in [2.45, 2.75) is 13.0 Å². The minimum atomic E-state index is -1.08. The van der Waals surface area contributed by atoms with Gasteiger partial charge in [-0.1, -0.05) is 6.08 Å². The van der Waals surface area contributed by atoms with Gasteiger partial charge < -0.3 is 25.6 Å². The summed E-state index contributed by atoms with van der Waals surface area (Å²) >= 11 is 0. The number of aliphatic hydroxyl groups is 1. The Hall–Kier alpha value is -3.63. The van der Waals surface area contributed by atoms with Gasteiger partial charge in [0.1, 0.15) is 17.2 Å². The highest BCUT2D eigenvalue weighted by atomic mass is 19.1. The Morgan fingerprint density at radius 1 is 1.35 bits per heavy atom. The Morgan fingerprint density at radius 3 is 2.74 bits per heavy atom. The van der Waals surface area contributed by atoms with Crippen LogP contribution in [0.2, 0.25) is 0 Å². The highest BCUT2D eigenvalue weighted by Crippen LogP contribution is 2.21. The normalized spacial score (nSPS) is 13.5. The van der Waals surface area contributed by atoms with E-state index in [2.05, 4.69) is 15.4 Å². The van der Waals surface area contributed by atoms with E-state index >= 15 is 0 Å². The van der Waals surface area contributed by atoms with Crippen LogP contribution in [0, 0.1) is 5.82 Å². The highest BCUT2D eigenvalue weighted by Gasteiger charge is 2.23. The number of hydrogen-bond acceptors (Lipinski definition) is 7. The quantitative estimate of drug-likeness (QED) is 0.494. The molecule has 0 amide bonds. The Morgan fingerprint density at radius 2 is 2.10 bits per heavy atom. The number of nitrogens with one attached hydrogen (secondary N) is 1. The maximum atomic E-state index is 13.3. The molecule has 0 bridgehead atoms. The van der Waals surface area contributed by atoms with Crippen LogP contribution in [0.5, 0.6) is 0 Å². The fraction of sp³-hybridized carbons (Fsp3) is 0.238. The number of hydrogen-bond donors (Lipinski definition) is 3. The topological polar surface area (TPSA) is 132 Å². The first-order valence-electron chi connectivity index (χ1n) is 9.68. The third kappa shape index (κ3) is 5.93. The van der Waals surface area contributed by atoms with Crippen molar-refractivity contribution in [3.05, 3.63) is 72.0 Å². The fourth-order valence-electron chi connectivity index (χ4n) is 3.05. The molecule has 31 heavy (non-hydrogen) atoms. The van der Waals surface area contributed by atoms with Crippen LogP contribution >= 0.6 is 0 Å². The summed E-state index contributed by atoms with van der Waals surface area (Å²) in [6, 6.07) is 9.82. The van der Waals surface area contributed by atoms with Gasteiger partial charge in [-0.3, -0.25) is 4.99 Å². The van der Waals surface area contributed by atoms with Crippen LogP contribution in [-0.2, 0) is 4.79 Å². The molecule has 0 fully saturated rings. The Bertz CT molecular complexity index is 1090. The number of nitrogens with zero attached hydrogens (tertiary/aromatic N) is 4. The van der Waals surface area contributed by atoms with Crippen molar-refractivity contribution < 1.29 is 24.7 Å². The van der Waals surface area contributed by atoms with E-state index < -0.39 is 5.97 Å². The lowest BCUT2D eigenvalue weighted by Crippen LogP contribution is -2.86. The van der Waals surface area contributed by atoms with Crippen molar-refractivity contribution in [2.24, 2.45) is 4.99 Å². The van der Waals surface area contributed by atoms with Gasteiger partial charge in [0, 0.05) is 17.7 Å². The lowest BCUT2D eigenvalue weighted by Gasteiger charge is -2.16. The number of benzene rings is 1. The largest absolute Gasteiger partial charge is 0.550 e. The van der Waals surface area contributed by atoms with E-state index in [1.165, 1.54) is 12.1 Å². The van der Waals surface area contributed by atoms with Crippen LogP contribution in [0.4, 0.5) is 10.2 Å². The minimum absolute atomic E-state index is 0.0240. The molecule has 1 unspecified atom stereocenters. The molecular weight excluding hydrogens is 403 g/mol. The molecule has 3 heterocycles. The molecule has 3 aromatic rings. The lowest BCUT2D eigenvalue weighted by atomic mass is 10.1. The SMILES string of the molecule is CC(=O)[O-].OCC[NH2+]C(c1ccc(F)cc1)c1nc(NC2=NCC=C2)c2cccn2n1. The van der Waals surface area contributed by atoms with Gasteiger partial charge in [-0.25, -0.2) is 13.9 Å². The number of aliphatic hydroxyl groups excluding tert-OH is 1. The second kappa shape index (κ2) is 10.4. The second-order valence-corrected chi connectivity index (χ2v) is 6.68. The molecule has 9 nitrogen and oxygen atoms in total. The number of carbonyl (C=O) groups is 1. The number of aliphatic imine (C=N–C) groups is 1. The first-order valence-corrected chi connectivity index (χ1v) is 9.68. The van der Waals surface area contributed by atoms with Crippen molar-refractivity contribution in [1.29, 1.82) is 0 Å². The fourth-order valence-corrected chi connectivity index (χ4v) is 3.05. The van der Waals surface area contributed by atoms with Crippen LogP contribution in [0.25, 0.3) is 5.52 Å². The number of carbonyl (C=O) groups excluding carboxylic acids is 1. The van der Waals surface area contributed by atoms with E-state index in [4.69, 9.17) is 14.9 Å². The second-order valence-electron chi connectivity index (χ2n) is 6.68. The van der Waals surface area contributed by atoms with Crippen molar-refractivity contribution in [1.82, 2.24) is 14.6 Å². The zero-order chi connectivity index (χ0) is 22.2. The monoisotopic (exact) mass is 426 g/mol. The van der Waals surface area contributed by atoms with E-state index in [1.807, 2.05) is 35.8 Å². The standard InChI is InChI=1S/C19H19FN6O.C2H4O2/c20-14-7-5-13(6-8-14)17(22-10-12-27)19-24-18(23-16-4-1-9-21-16)15-3-2-11-26(15)25-19;1-2(3)4/h1-8,11,17,22,27H,9-10,12H2,(H,21,23,24,25);1H3,(H,3,4). The number of fused-ring (bicyclic) bond motifs is 1. The summed E-state index contributed by atoms with van der Waals surface area (Å²) in [6.07, 6.45) is 5.73. The van der Waals surface area contributed by atoms with Crippen LogP contribution < -0.4 is 15.7 Å². The van der Waals surface area contributed by atoms with E-state index in [0.717, 1.165) is 23.8 Å². The lowest BCUT2D eigenvalue weighted by molar-refractivity contribution is -0.689. The number of halogens is 1. The Balaban J connectivity index is 0.000000628.